The number of nitrogens with zero attached hydrogens (tertiary/aromatic N) is 1. The SMILES string of the molecule is Br.NCC[C@H]1CN=C(Cc2cccc3ccccc23)N1. The number of fused-ring (bicyclic) bond motifs is 1. The summed E-state index contributed by atoms with van der Waals surface area (Å²) >= 11 is 0. The zero-order valence-electron chi connectivity index (χ0n) is 11.4. The van der Waals surface area contributed by atoms with E-state index in [-0.39, 0.29) is 17.0 Å². The molecule has 0 amide bonds. The average Bonchev–Trinajstić information content (AvgIpc) is 2.87. The van der Waals surface area contributed by atoms with Crippen LogP contribution in [-0.2, 0) is 6.42 Å². The Kier molecular flexibility index (Phi) is 5.15. The van der Waals surface area contributed by atoms with E-state index >= 15 is 0 Å². The fraction of sp³-hybridized carbons (Fsp3) is 0.312. The predicted octanol–water partition coefficient (Wildman–Crippen LogP) is 2.68. The molecule has 3 N–H and O–H groups in total. The molecule has 3 nitrogen and oxygen atoms in total. The summed E-state index contributed by atoms with van der Waals surface area (Å²) in [6.45, 7) is 1.58. The molecule has 0 radical (unpaired) electrons. The van der Waals surface area contributed by atoms with Gasteiger partial charge in [-0.15, -0.1) is 17.0 Å². The minimum Gasteiger partial charge on any atom is -0.369 e. The van der Waals surface area contributed by atoms with E-state index in [1.165, 1.54) is 16.3 Å². The molecule has 1 atom stereocenters. The van der Waals surface area contributed by atoms with Crippen molar-refractivity contribution in [1.29, 1.82) is 0 Å². The minimum absolute atomic E-state index is 0. The highest BCUT2D eigenvalue weighted by molar-refractivity contribution is 8.93. The van der Waals surface area contributed by atoms with Gasteiger partial charge in [0, 0.05) is 12.5 Å². The standard InChI is InChI=1S/C16H19N3.BrH/c17-9-8-14-11-18-16(19-14)10-13-6-3-5-12-4-1-2-7-15(12)13;/h1-7,14H,8-11,17H2,(H,18,19);1H/t14-;/m0./s1. The predicted molar refractivity (Wildman–Crippen MR) is 90.9 cm³/mol. The van der Waals surface area contributed by atoms with Crippen molar-refractivity contribution in [3.05, 3.63) is 48.0 Å². The molecule has 106 valence electrons. The number of hydrogen-bond acceptors (Lipinski definition) is 3. The van der Waals surface area contributed by atoms with Crippen LogP contribution in [0.15, 0.2) is 47.5 Å². The maximum Gasteiger partial charge on any atom is 0.101 e. The van der Waals surface area contributed by atoms with E-state index < -0.39 is 0 Å². The van der Waals surface area contributed by atoms with Crippen LogP contribution in [0.1, 0.15) is 12.0 Å². The Hall–Kier alpha value is -1.39. The highest BCUT2D eigenvalue weighted by Gasteiger charge is 2.16. The summed E-state index contributed by atoms with van der Waals surface area (Å²) in [7, 11) is 0. The Morgan fingerprint density at radius 1 is 1.15 bits per heavy atom. The molecule has 0 fully saturated rings. The summed E-state index contributed by atoms with van der Waals surface area (Å²) in [6.07, 6.45) is 1.87. The minimum atomic E-state index is 0. The van der Waals surface area contributed by atoms with Crippen molar-refractivity contribution in [2.45, 2.75) is 18.9 Å². The molecule has 0 saturated carbocycles. The van der Waals surface area contributed by atoms with Crippen LogP contribution in [0, 0.1) is 0 Å². The first kappa shape index (κ1) is 15.0. The Balaban J connectivity index is 0.00000147. The number of aliphatic imine (C=N–C) groups is 1. The van der Waals surface area contributed by atoms with Gasteiger partial charge in [-0.3, -0.25) is 4.99 Å². The molecule has 20 heavy (non-hydrogen) atoms. The number of rotatable bonds is 4. The van der Waals surface area contributed by atoms with Gasteiger partial charge < -0.3 is 11.1 Å². The van der Waals surface area contributed by atoms with Crippen LogP contribution in [0.4, 0.5) is 0 Å². The van der Waals surface area contributed by atoms with Gasteiger partial charge in [0.15, 0.2) is 0 Å². The third kappa shape index (κ3) is 3.19. The van der Waals surface area contributed by atoms with Crippen LogP contribution < -0.4 is 11.1 Å². The van der Waals surface area contributed by atoms with Gasteiger partial charge in [-0.25, -0.2) is 0 Å². The number of benzene rings is 2. The molecule has 0 spiro atoms. The van der Waals surface area contributed by atoms with E-state index in [0.29, 0.717) is 12.6 Å². The van der Waals surface area contributed by atoms with Crippen molar-refractivity contribution in [2.24, 2.45) is 10.7 Å². The quantitative estimate of drug-likeness (QED) is 0.903. The average molecular weight is 334 g/mol. The highest BCUT2D eigenvalue weighted by atomic mass is 79.9. The Bertz CT molecular complexity index is 604. The van der Waals surface area contributed by atoms with E-state index in [1.807, 2.05) is 0 Å². The summed E-state index contributed by atoms with van der Waals surface area (Å²) in [5.74, 6) is 1.09. The van der Waals surface area contributed by atoms with E-state index in [1.54, 1.807) is 0 Å². The molecular weight excluding hydrogens is 314 g/mol. The van der Waals surface area contributed by atoms with Crippen molar-refractivity contribution < 1.29 is 0 Å². The smallest absolute Gasteiger partial charge is 0.101 e. The van der Waals surface area contributed by atoms with Gasteiger partial charge in [0.2, 0.25) is 0 Å². The van der Waals surface area contributed by atoms with Crippen LogP contribution in [-0.4, -0.2) is 25.0 Å². The molecule has 1 aliphatic heterocycles. The lowest BCUT2D eigenvalue weighted by molar-refractivity contribution is 0.608. The maximum atomic E-state index is 5.59. The van der Waals surface area contributed by atoms with E-state index in [2.05, 4.69) is 52.8 Å². The van der Waals surface area contributed by atoms with E-state index in [4.69, 9.17) is 5.73 Å². The highest BCUT2D eigenvalue weighted by Crippen LogP contribution is 2.19. The maximum absolute atomic E-state index is 5.59. The fourth-order valence-corrected chi connectivity index (χ4v) is 2.65. The summed E-state index contributed by atoms with van der Waals surface area (Å²) < 4.78 is 0. The van der Waals surface area contributed by atoms with Gasteiger partial charge in [0.05, 0.1) is 6.54 Å². The second kappa shape index (κ2) is 6.86. The lowest BCUT2D eigenvalue weighted by Crippen LogP contribution is -2.32. The third-order valence-electron chi connectivity index (χ3n) is 3.63. The van der Waals surface area contributed by atoms with Crippen molar-refractivity contribution in [1.82, 2.24) is 5.32 Å². The van der Waals surface area contributed by atoms with Gasteiger partial charge in [0.1, 0.15) is 5.84 Å². The molecule has 1 aliphatic rings. The van der Waals surface area contributed by atoms with Gasteiger partial charge in [-0.05, 0) is 29.3 Å². The van der Waals surface area contributed by atoms with Gasteiger partial charge in [-0.1, -0.05) is 42.5 Å². The number of halogens is 1. The lowest BCUT2D eigenvalue weighted by Gasteiger charge is -2.11. The topological polar surface area (TPSA) is 50.4 Å². The lowest BCUT2D eigenvalue weighted by atomic mass is 10.0. The third-order valence-corrected chi connectivity index (χ3v) is 3.63. The second-order valence-electron chi connectivity index (χ2n) is 5.02. The first-order valence-corrected chi connectivity index (χ1v) is 6.83. The normalized spacial score (nSPS) is 17.4. The summed E-state index contributed by atoms with van der Waals surface area (Å²) in [5, 5.41) is 6.08. The molecule has 3 rings (SSSR count). The Labute approximate surface area is 130 Å². The molecule has 0 aromatic heterocycles. The number of hydrogen-bond donors (Lipinski definition) is 2. The van der Waals surface area contributed by atoms with Crippen LogP contribution in [0.3, 0.4) is 0 Å². The van der Waals surface area contributed by atoms with Gasteiger partial charge in [0.25, 0.3) is 0 Å². The molecule has 0 unspecified atom stereocenters. The van der Waals surface area contributed by atoms with Crippen molar-refractivity contribution in [3.63, 3.8) is 0 Å². The fourth-order valence-electron chi connectivity index (χ4n) is 2.65. The molecule has 4 heteroatoms. The zero-order chi connectivity index (χ0) is 13.1. The molecular formula is C16H20BrN3. The molecule has 1 heterocycles. The van der Waals surface area contributed by atoms with Gasteiger partial charge >= 0.3 is 0 Å². The number of nitrogens with two attached hydrogens (primary N) is 1. The first-order chi connectivity index (χ1) is 9.36. The van der Waals surface area contributed by atoms with Crippen LogP contribution in [0.25, 0.3) is 10.8 Å². The summed E-state index contributed by atoms with van der Waals surface area (Å²) in [6, 6.07) is 15.4. The monoisotopic (exact) mass is 333 g/mol. The Morgan fingerprint density at radius 3 is 2.80 bits per heavy atom. The largest absolute Gasteiger partial charge is 0.369 e. The van der Waals surface area contributed by atoms with Crippen LogP contribution in [0.2, 0.25) is 0 Å². The van der Waals surface area contributed by atoms with Gasteiger partial charge in [-0.2, -0.15) is 0 Å². The number of amidine groups is 1. The summed E-state index contributed by atoms with van der Waals surface area (Å²) in [5.41, 5.74) is 6.92. The second-order valence-corrected chi connectivity index (χ2v) is 5.02. The summed E-state index contributed by atoms with van der Waals surface area (Å²) in [4.78, 5) is 4.59. The van der Waals surface area contributed by atoms with E-state index in [9.17, 15) is 0 Å². The molecule has 2 aromatic carbocycles. The van der Waals surface area contributed by atoms with Crippen molar-refractivity contribution in [3.8, 4) is 0 Å². The number of nitrogens with one attached hydrogen (secondary N) is 1. The van der Waals surface area contributed by atoms with Crippen LogP contribution in [0.5, 0.6) is 0 Å². The zero-order valence-corrected chi connectivity index (χ0v) is 13.1. The molecule has 0 saturated heterocycles. The Morgan fingerprint density at radius 2 is 1.95 bits per heavy atom. The molecule has 0 aliphatic carbocycles. The molecule has 2 aromatic rings. The van der Waals surface area contributed by atoms with Crippen molar-refractivity contribution in [2.75, 3.05) is 13.1 Å². The van der Waals surface area contributed by atoms with Crippen LogP contribution >= 0.6 is 17.0 Å². The molecule has 0 bridgehead atoms. The van der Waals surface area contributed by atoms with Crippen molar-refractivity contribution >= 4 is 33.6 Å². The van der Waals surface area contributed by atoms with E-state index in [0.717, 1.165) is 25.2 Å². The first-order valence-electron chi connectivity index (χ1n) is 6.83.